The topological polar surface area (TPSA) is 73.6 Å². The van der Waals surface area contributed by atoms with Crippen LogP contribution in [0.25, 0.3) is 0 Å². The summed E-state index contributed by atoms with van der Waals surface area (Å²) in [7, 11) is 1.62. The van der Waals surface area contributed by atoms with E-state index in [1.165, 1.54) is 0 Å². The summed E-state index contributed by atoms with van der Waals surface area (Å²) < 4.78 is 10.4. The van der Waals surface area contributed by atoms with Crippen molar-refractivity contribution in [3.63, 3.8) is 0 Å². The highest BCUT2D eigenvalue weighted by Gasteiger charge is 2.15. The van der Waals surface area contributed by atoms with E-state index in [4.69, 9.17) is 15.2 Å². The van der Waals surface area contributed by atoms with Gasteiger partial charge < -0.3 is 20.5 Å². The lowest BCUT2D eigenvalue weighted by molar-refractivity contribution is -0.117. The van der Waals surface area contributed by atoms with E-state index in [1.807, 2.05) is 31.2 Å². The summed E-state index contributed by atoms with van der Waals surface area (Å²) in [6, 6.07) is 14.1. The van der Waals surface area contributed by atoms with Crippen LogP contribution in [-0.2, 0) is 9.53 Å². The molecule has 2 rings (SSSR count). The summed E-state index contributed by atoms with van der Waals surface area (Å²) in [5.74, 6) is 0.477. The first-order chi connectivity index (χ1) is 11.1. The highest BCUT2D eigenvalue weighted by atomic mass is 16.5. The highest BCUT2D eigenvalue weighted by Crippen LogP contribution is 2.18. The molecule has 23 heavy (non-hydrogen) atoms. The second-order valence-electron chi connectivity index (χ2n) is 5.24. The molecule has 5 nitrogen and oxygen atoms in total. The minimum atomic E-state index is -0.701. The number of carbonyl (C=O) groups is 1. The number of nitrogens with one attached hydrogen (secondary N) is 1. The molecular weight excluding hydrogens is 292 g/mol. The lowest BCUT2D eigenvalue weighted by atomic mass is 10.1. The normalized spacial score (nSPS) is 11.8. The SMILES string of the molecule is COCCOc1ccc(NC(=O)C(N)c2ccc(C)cc2)cc1. The summed E-state index contributed by atoms with van der Waals surface area (Å²) >= 11 is 0. The summed E-state index contributed by atoms with van der Waals surface area (Å²) in [5.41, 5.74) is 8.59. The summed E-state index contributed by atoms with van der Waals surface area (Å²) in [4.78, 5) is 12.2. The first-order valence-corrected chi connectivity index (χ1v) is 7.45. The first-order valence-electron chi connectivity index (χ1n) is 7.45. The van der Waals surface area contributed by atoms with Crippen molar-refractivity contribution in [2.45, 2.75) is 13.0 Å². The number of hydrogen-bond donors (Lipinski definition) is 2. The van der Waals surface area contributed by atoms with Crippen LogP contribution in [-0.4, -0.2) is 26.2 Å². The zero-order valence-corrected chi connectivity index (χ0v) is 13.4. The zero-order valence-electron chi connectivity index (χ0n) is 13.4. The van der Waals surface area contributed by atoms with Crippen molar-refractivity contribution >= 4 is 11.6 Å². The Morgan fingerprint density at radius 1 is 1.09 bits per heavy atom. The lowest BCUT2D eigenvalue weighted by Gasteiger charge is -2.13. The van der Waals surface area contributed by atoms with Gasteiger partial charge in [0.15, 0.2) is 0 Å². The van der Waals surface area contributed by atoms with Gasteiger partial charge in [-0.15, -0.1) is 0 Å². The number of rotatable bonds is 7. The van der Waals surface area contributed by atoms with Crippen LogP contribution < -0.4 is 15.8 Å². The van der Waals surface area contributed by atoms with Crippen molar-refractivity contribution in [3.05, 3.63) is 59.7 Å². The molecule has 0 aliphatic carbocycles. The second-order valence-corrected chi connectivity index (χ2v) is 5.24. The number of hydrogen-bond acceptors (Lipinski definition) is 4. The molecule has 0 saturated carbocycles. The Kier molecular flexibility index (Phi) is 6.14. The van der Waals surface area contributed by atoms with E-state index in [2.05, 4.69) is 5.32 Å². The lowest BCUT2D eigenvalue weighted by Crippen LogP contribution is -2.27. The maximum atomic E-state index is 12.2. The highest BCUT2D eigenvalue weighted by molar-refractivity contribution is 5.95. The van der Waals surface area contributed by atoms with Crippen molar-refractivity contribution in [3.8, 4) is 5.75 Å². The predicted molar refractivity (Wildman–Crippen MR) is 90.6 cm³/mol. The minimum absolute atomic E-state index is 0.248. The van der Waals surface area contributed by atoms with Crippen molar-refractivity contribution in [2.24, 2.45) is 5.73 Å². The average Bonchev–Trinajstić information content (AvgIpc) is 2.56. The van der Waals surface area contributed by atoms with E-state index < -0.39 is 6.04 Å². The van der Waals surface area contributed by atoms with Gasteiger partial charge in [-0.1, -0.05) is 29.8 Å². The van der Waals surface area contributed by atoms with Crippen LogP contribution in [0.15, 0.2) is 48.5 Å². The van der Waals surface area contributed by atoms with Crippen LogP contribution in [0.5, 0.6) is 5.75 Å². The molecule has 5 heteroatoms. The number of nitrogens with two attached hydrogens (primary N) is 1. The molecule has 0 heterocycles. The Labute approximate surface area is 136 Å². The van der Waals surface area contributed by atoms with Gasteiger partial charge in [0.05, 0.1) is 6.61 Å². The third-order valence-electron chi connectivity index (χ3n) is 3.40. The van der Waals surface area contributed by atoms with Gasteiger partial charge in [-0.2, -0.15) is 0 Å². The molecule has 0 bridgehead atoms. The van der Waals surface area contributed by atoms with Gasteiger partial charge in [-0.3, -0.25) is 4.79 Å². The van der Waals surface area contributed by atoms with Crippen LogP contribution >= 0.6 is 0 Å². The number of anilines is 1. The summed E-state index contributed by atoms with van der Waals surface area (Å²) in [5, 5.41) is 2.81. The maximum absolute atomic E-state index is 12.2. The molecule has 2 aromatic carbocycles. The van der Waals surface area contributed by atoms with Crippen molar-refractivity contribution in [1.29, 1.82) is 0 Å². The van der Waals surface area contributed by atoms with E-state index in [-0.39, 0.29) is 5.91 Å². The molecule has 0 spiro atoms. The molecule has 0 aromatic heterocycles. The fourth-order valence-electron chi connectivity index (χ4n) is 2.02. The number of carbonyl (C=O) groups excluding carboxylic acids is 1. The Bertz CT molecular complexity index is 624. The van der Waals surface area contributed by atoms with E-state index in [1.54, 1.807) is 31.4 Å². The molecule has 3 N–H and O–H groups in total. The van der Waals surface area contributed by atoms with Crippen molar-refractivity contribution in [1.82, 2.24) is 0 Å². The Balaban J connectivity index is 1.92. The van der Waals surface area contributed by atoms with Crippen LogP contribution in [0.2, 0.25) is 0 Å². The third kappa shape index (κ3) is 5.09. The number of ether oxygens (including phenoxy) is 2. The van der Waals surface area contributed by atoms with Gasteiger partial charge in [-0.05, 0) is 36.8 Å². The van der Waals surface area contributed by atoms with Gasteiger partial charge in [0.2, 0.25) is 5.91 Å². The number of methoxy groups -OCH3 is 1. The fourth-order valence-corrected chi connectivity index (χ4v) is 2.02. The number of benzene rings is 2. The van der Waals surface area contributed by atoms with E-state index in [0.717, 1.165) is 16.9 Å². The molecule has 2 aromatic rings. The van der Waals surface area contributed by atoms with Gasteiger partial charge in [0.1, 0.15) is 18.4 Å². The third-order valence-corrected chi connectivity index (χ3v) is 3.40. The van der Waals surface area contributed by atoms with Gasteiger partial charge in [0.25, 0.3) is 0 Å². The predicted octanol–water partition coefficient (Wildman–Crippen LogP) is 2.66. The Morgan fingerprint density at radius 2 is 1.74 bits per heavy atom. The molecule has 122 valence electrons. The van der Waals surface area contributed by atoms with Crippen molar-refractivity contribution in [2.75, 3.05) is 25.6 Å². The average molecular weight is 314 g/mol. The molecule has 0 aliphatic heterocycles. The van der Waals surface area contributed by atoms with Gasteiger partial charge in [-0.25, -0.2) is 0 Å². The largest absolute Gasteiger partial charge is 0.491 e. The standard InChI is InChI=1S/C18H22N2O3/c1-13-3-5-14(6-4-13)17(19)18(21)20-15-7-9-16(10-8-15)23-12-11-22-2/h3-10,17H,11-12,19H2,1-2H3,(H,20,21). The zero-order chi connectivity index (χ0) is 16.7. The molecule has 1 amide bonds. The fraction of sp³-hybridized carbons (Fsp3) is 0.278. The van der Waals surface area contributed by atoms with Crippen LogP contribution in [0.4, 0.5) is 5.69 Å². The molecule has 1 unspecified atom stereocenters. The molecular formula is C18H22N2O3. The smallest absolute Gasteiger partial charge is 0.245 e. The van der Waals surface area contributed by atoms with Gasteiger partial charge >= 0.3 is 0 Å². The summed E-state index contributed by atoms with van der Waals surface area (Å²) in [6.07, 6.45) is 0. The molecule has 0 fully saturated rings. The first kappa shape index (κ1) is 17.0. The molecule has 0 radical (unpaired) electrons. The Hall–Kier alpha value is -2.37. The number of aryl methyl sites for hydroxylation is 1. The number of amides is 1. The van der Waals surface area contributed by atoms with E-state index in [0.29, 0.717) is 18.9 Å². The van der Waals surface area contributed by atoms with Crippen LogP contribution in [0.1, 0.15) is 17.2 Å². The minimum Gasteiger partial charge on any atom is -0.491 e. The second kappa shape index (κ2) is 8.31. The summed E-state index contributed by atoms with van der Waals surface area (Å²) in [6.45, 7) is 3.01. The quantitative estimate of drug-likeness (QED) is 0.771. The van der Waals surface area contributed by atoms with Gasteiger partial charge in [0, 0.05) is 12.8 Å². The van der Waals surface area contributed by atoms with Crippen LogP contribution in [0.3, 0.4) is 0 Å². The molecule has 0 saturated heterocycles. The van der Waals surface area contributed by atoms with Crippen LogP contribution in [0, 0.1) is 6.92 Å². The molecule has 0 aliphatic rings. The monoisotopic (exact) mass is 314 g/mol. The van der Waals surface area contributed by atoms with E-state index >= 15 is 0 Å². The van der Waals surface area contributed by atoms with E-state index in [9.17, 15) is 4.79 Å². The van der Waals surface area contributed by atoms with Crippen molar-refractivity contribution < 1.29 is 14.3 Å². The maximum Gasteiger partial charge on any atom is 0.245 e. The Morgan fingerprint density at radius 3 is 2.35 bits per heavy atom. The molecule has 1 atom stereocenters.